The summed E-state index contributed by atoms with van der Waals surface area (Å²) >= 11 is 0. The number of aliphatic carboxylic acids is 1. The highest BCUT2D eigenvalue weighted by Crippen LogP contribution is 2.12. The molecule has 3 nitrogen and oxygen atoms in total. The second-order valence-corrected chi connectivity index (χ2v) is 4.93. The van der Waals surface area contributed by atoms with E-state index < -0.39 is 5.97 Å². The minimum Gasteiger partial charge on any atom is -0.481 e. The number of hydrogen-bond donors (Lipinski definition) is 2. The molecule has 3 heteroatoms. The molecule has 0 radical (unpaired) electrons. The summed E-state index contributed by atoms with van der Waals surface area (Å²) in [6.45, 7) is 3.06. The molecule has 1 aromatic rings. The molecule has 0 saturated heterocycles. The summed E-state index contributed by atoms with van der Waals surface area (Å²) in [6.07, 6.45) is 6.87. The standard InChI is InChI=1S/C16H25NO2/c1-2-3-4-7-14-9-11-15(12-10-14)17-13-6-5-8-16(18)19/h9-12,17H,2-8,13H2,1H3,(H,18,19). The molecule has 0 heterocycles. The van der Waals surface area contributed by atoms with Crippen LogP contribution in [-0.2, 0) is 11.2 Å². The zero-order valence-electron chi connectivity index (χ0n) is 11.8. The topological polar surface area (TPSA) is 49.3 Å². The van der Waals surface area contributed by atoms with Gasteiger partial charge in [0, 0.05) is 18.7 Å². The average Bonchev–Trinajstić information content (AvgIpc) is 2.40. The van der Waals surface area contributed by atoms with Crippen LogP contribution in [0.1, 0.15) is 51.0 Å². The Labute approximate surface area is 116 Å². The zero-order valence-corrected chi connectivity index (χ0v) is 11.8. The molecular formula is C16H25NO2. The number of aryl methyl sites for hydroxylation is 1. The van der Waals surface area contributed by atoms with Gasteiger partial charge in [-0.1, -0.05) is 31.9 Å². The summed E-state index contributed by atoms with van der Waals surface area (Å²) in [7, 11) is 0. The van der Waals surface area contributed by atoms with Crippen LogP contribution in [0.5, 0.6) is 0 Å². The van der Waals surface area contributed by atoms with Gasteiger partial charge in [0.25, 0.3) is 0 Å². The molecule has 0 unspecified atom stereocenters. The van der Waals surface area contributed by atoms with Gasteiger partial charge in [0.05, 0.1) is 0 Å². The summed E-state index contributed by atoms with van der Waals surface area (Å²) in [5, 5.41) is 11.8. The van der Waals surface area contributed by atoms with Crippen LogP contribution in [0.15, 0.2) is 24.3 Å². The quantitative estimate of drug-likeness (QED) is 0.625. The van der Waals surface area contributed by atoms with Crippen LogP contribution in [0.4, 0.5) is 5.69 Å². The van der Waals surface area contributed by atoms with Gasteiger partial charge >= 0.3 is 5.97 Å². The minimum atomic E-state index is -0.712. The molecular weight excluding hydrogens is 238 g/mol. The van der Waals surface area contributed by atoms with Crippen molar-refractivity contribution < 1.29 is 9.90 Å². The monoisotopic (exact) mass is 263 g/mol. The molecule has 19 heavy (non-hydrogen) atoms. The first-order chi connectivity index (χ1) is 9.22. The predicted octanol–water partition coefficient (Wildman–Crippen LogP) is 4.09. The zero-order chi connectivity index (χ0) is 13.9. The van der Waals surface area contributed by atoms with E-state index in [0.717, 1.165) is 31.5 Å². The molecule has 106 valence electrons. The Balaban J connectivity index is 2.18. The van der Waals surface area contributed by atoms with Crippen LogP contribution in [0.2, 0.25) is 0 Å². The van der Waals surface area contributed by atoms with Gasteiger partial charge in [-0.2, -0.15) is 0 Å². The molecule has 2 N–H and O–H groups in total. The van der Waals surface area contributed by atoms with Crippen LogP contribution in [-0.4, -0.2) is 17.6 Å². The lowest BCUT2D eigenvalue weighted by atomic mass is 10.1. The number of benzene rings is 1. The lowest BCUT2D eigenvalue weighted by Gasteiger charge is -2.07. The maximum absolute atomic E-state index is 10.4. The van der Waals surface area contributed by atoms with Crippen LogP contribution >= 0.6 is 0 Å². The predicted molar refractivity (Wildman–Crippen MR) is 79.6 cm³/mol. The van der Waals surface area contributed by atoms with Gasteiger partial charge in [-0.15, -0.1) is 0 Å². The Hall–Kier alpha value is -1.51. The van der Waals surface area contributed by atoms with Crippen molar-refractivity contribution in [3.05, 3.63) is 29.8 Å². The highest BCUT2D eigenvalue weighted by molar-refractivity contribution is 5.66. The third kappa shape index (κ3) is 7.50. The number of unbranched alkanes of at least 4 members (excludes halogenated alkanes) is 3. The summed E-state index contributed by atoms with van der Waals surface area (Å²) in [4.78, 5) is 10.4. The fourth-order valence-corrected chi connectivity index (χ4v) is 2.00. The summed E-state index contributed by atoms with van der Waals surface area (Å²) in [5.41, 5.74) is 2.51. The van der Waals surface area contributed by atoms with Crippen molar-refractivity contribution in [2.45, 2.75) is 51.9 Å². The van der Waals surface area contributed by atoms with Crippen LogP contribution in [0, 0.1) is 0 Å². The van der Waals surface area contributed by atoms with Crippen molar-refractivity contribution in [3.63, 3.8) is 0 Å². The number of carbonyl (C=O) groups is 1. The number of carboxylic acid groups (broad SMARTS) is 1. The van der Waals surface area contributed by atoms with Crippen molar-refractivity contribution in [1.29, 1.82) is 0 Å². The summed E-state index contributed by atoms with van der Waals surface area (Å²) in [5.74, 6) is -0.712. The Morgan fingerprint density at radius 3 is 2.47 bits per heavy atom. The third-order valence-electron chi connectivity index (χ3n) is 3.17. The van der Waals surface area contributed by atoms with Crippen molar-refractivity contribution in [3.8, 4) is 0 Å². The molecule has 1 aromatic carbocycles. The molecule has 0 saturated carbocycles. The van der Waals surface area contributed by atoms with Gasteiger partial charge in [0.15, 0.2) is 0 Å². The highest BCUT2D eigenvalue weighted by Gasteiger charge is 1.97. The van der Waals surface area contributed by atoms with Crippen molar-refractivity contribution in [2.24, 2.45) is 0 Å². The first-order valence-electron chi connectivity index (χ1n) is 7.27. The van der Waals surface area contributed by atoms with E-state index in [1.807, 2.05) is 0 Å². The molecule has 0 aromatic heterocycles. The Morgan fingerprint density at radius 2 is 1.84 bits per heavy atom. The van der Waals surface area contributed by atoms with E-state index in [-0.39, 0.29) is 6.42 Å². The lowest BCUT2D eigenvalue weighted by molar-refractivity contribution is -0.137. The molecule has 0 atom stereocenters. The van der Waals surface area contributed by atoms with Gasteiger partial charge in [-0.05, 0) is 43.4 Å². The highest BCUT2D eigenvalue weighted by atomic mass is 16.4. The maximum Gasteiger partial charge on any atom is 0.303 e. The van der Waals surface area contributed by atoms with Crippen LogP contribution in [0.3, 0.4) is 0 Å². The lowest BCUT2D eigenvalue weighted by Crippen LogP contribution is -2.03. The largest absolute Gasteiger partial charge is 0.481 e. The average molecular weight is 263 g/mol. The second kappa shape index (κ2) is 9.42. The molecule has 0 fully saturated rings. The van der Waals surface area contributed by atoms with Crippen molar-refractivity contribution >= 4 is 11.7 Å². The number of hydrogen-bond acceptors (Lipinski definition) is 2. The molecule has 0 aliphatic rings. The Bertz CT molecular complexity index is 360. The summed E-state index contributed by atoms with van der Waals surface area (Å²) < 4.78 is 0. The molecule has 0 amide bonds. The van der Waals surface area contributed by atoms with Gasteiger partial charge in [-0.25, -0.2) is 0 Å². The van der Waals surface area contributed by atoms with Gasteiger partial charge in [0.2, 0.25) is 0 Å². The molecule has 1 rings (SSSR count). The first-order valence-corrected chi connectivity index (χ1v) is 7.27. The SMILES string of the molecule is CCCCCc1ccc(NCCCCC(=O)O)cc1. The molecule has 0 spiro atoms. The normalized spacial score (nSPS) is 10.4. The smallest absolute Gasteiger partial charge is 0.303 e. The maximum atomic E-state index is 10.4. The van der Waals surface area contributed by atoms with Gasteiger partial charge in [0.1, 0.15) is 0 Å². The molecule has 0 aliphatic heterocycles. The van der Waals surface area contributed by atoms with E-state index >= 15 is 0 Å². The molecule has 0 bridgehead atoms. The van der Waals surface area contributed by atoms with Gasteiger partial charge < -0.3 is 10.4 Å². The van der Waals surface area contributed by atoms with E-state index in [1.165, 1.54) is 24.8 Å². The Kier molecular flexibility index (Phi) is 7.71. The first kappa shape index (κ1) is 15.5. The van der Waals surface area contributed by atoms with E-state index in [1.54, 1.807) is 0 Å². The van der Waals surface area contributed by atoms with Gasteiger partial charge in [-0.3, -0.25) is 4.79 Å². The Morgan fingerprint density at radius 1 is 1.11 bits per heavy atom. The van der Waals surface area contributed by atoms with Crippen LogP contribution < -0.4 is 5.32 Å². The fourth-order valence-electron chi connectivity index (χ4n) is 2.00. The second-order valence-electron chi connectivity index (χ2n) is 4.93. The van der Waals surface area contributed by atoms with Crippen molar-refractivity contribution in [1.82, 2.24) is 0 Å². The fraction of sp³-hybridized carbons (Fsp3) is 0.562. The van der Waals surface area contributed by atoms with Crippen molar-refractivity contribution in [2.75, 3.05) is 11.9 Å². The van der Waals surface area contributed by atoms with E-state index in [4.69, 9.17) is 5.11 Å². The number of rotatable bonds is 10. The third-order valence-corrected chi connectivity index (χ3v) is 3.17. The van der Waals surface area contributed by atoms with E-state index in [0.29, 0.717) is 0 Å². The van der Waals surface area contributed by atoms with Crippen LogP contribution in [0.25, 0.3) is 0 Å². The van der Waals surface area contributed by atoms with E-state index in [2.05, 4.69) is 36.5 Å². The van der Waals surface area contributed by atoms with E-state index in [9.17, 15) is 4.79 Å². The summed E-state index contributed by atoms with van der Waals surface area (Å²) in [6, 6.07) is 8.57. The number of nitrogens with one attached hydrogen (secondary N) is 1. The minimum absolute atomic E-state index is 0.262. The number of carboxylic acids is 1. The molecule has 0 aliphatic carbocycles. The number of anilines is 1.